The molecule has 0 unspecified atom stereocenters. The van der Waals surface area contributed by atoms with E-state index in [1.807, 2.05) is 30.7 Å². The molecular formula is C13H17ClN4O. The van der Waals surface area contributed by atoms with Crippen LogP contribution in [0.25, 0.3) is 0 Å². The summed E-state index contributed by atoms with van der Waals surface area (Å²) in [4.78, 5) is 4.19. The molecule has 2 N–H and O–H groups in total. The highest BCUT2D eigenvalue weighted by Crippen LogP contribution is 2.26. The van der Waals surface area contributed by atoms with E-state index in [0.29, 0.717) is 23.9 Å². The molecule has 0 bridgehead atoms. The van der Waals surface area contributed by atoms with Gasteiger partial charge in [0.1, 0.15) is 18.7 Å². The molecule has 2 rings (SSSR count). The summed E-state index contributed by atoms with van der Waals surface area (Å²) in [5.41, 5.74) is 6.49. The lowest BCUT2D eigenvalue weighted by Gasteiger charge is -2.13. The van der Waals surface area contributed by atoms with E-state index in [1.54, 1.807) is 6.07 Å². The zero-order valence-electron chi connectivity index (χ0n) is 11.0. The minimum absolute atomic E-state index is 0.245. The SMILES string of the molecule is CC(C)n1ncnc1COc1cccc(Cl)c1CN. The van der Waals surface area contributed by atoms with Crippen molar-refractivity contribution in [3.63, 3.8) is 0 Å². The van der Waals surface area contributed by atoms with Crippen molar-refractivity contribution in [1.29, 1.82) is 0 Å². The summed E-state index contributed by atoms with van der Waals surface area (Å²) in [7, 11) is 0. The minimum Gasteiger partial charge on any atom is -0.485 e. The lowest BCUT2D eigenvalue weighted by Crippen LogP contribution is -2.11. The van der Waals surface area contributed by atoms with Crippen LogP contribution in [0.5, 0.6) is 5.75 Å². The first kappa shape index (κ1) is 13.8. The van der Waals surface area contributed by atoms with Crippen LogP contribution in [0, 0.1) is 0 Å². The fourth-order valence-corrected chi connectivity index (χ4v) is 2.07. The first-order valence-corrected chi connectivity index (χ1v) is 6.50. The Hall–Kier alpha value is -1.59. The van der Waals surface area contributed by atoms with E-state index >= 15 is 0 Å². The Morgan fingerprint density at radius 1 is 1.42 bits per heavy atom. The lowest BCUT2D eigenvalue weighted by atomic mass is 10.2. The van der Waals surface area contributed by atoms with Crippen molar-refractivity contribution in [1.82, 2.24) is 14.8 Å². The maximum absolute atomic E-state index is 6.08. The molecule has 0 saturated carbocycles. The van der Waals surface area contributed by atoms with Crippen LogP contribution in [0.3, 0.4) is 0 Å². The fourth-order valence-electron chi connectivity index (χ4n) is 1.82. The maximum atomic E-state index is 6.08. The maximum Gasteiger partial charge on any atom is 0.165 e. The van der Waals surface area contributed by atoms with Gasteiger partial charge in [0.05, 0.1) is 0 Å². The molecule has 1 aromatic heterocycles. The smallest absolute Gasteiger partial charge is 0.165 e. The van der Waals surface area contributed by atoms with E-state index in [1.165, 1.54) is 6.33 Å². The number of nitrogens with two attached hydrogens (primary N) is 1. The summed E-state index contributed by atoms with van der Waals surface area (Å²) in [6, 6.07) is 5.73. The van der Waals surface area contributed by atoms with Gasteiger partial charge in [-0.15, -0.1) is 0 Å². The number of aromatic nitrogens is 3. The summed E-state index contributed by atoms with van der Waals surface area (Å²) >= 11 is 6.08. The number of ether oxygens (including phenoxy) is 1. The summed E-state index contributed by atoms with van der Waals surface area (Å²) in [5.74, 6) is 1.46. The Bertz CT molecular complexity index is 553. The third-order valence-electron chi connectivity index (χ3n) is 2.77. The number of benzene rings is 1. The highest BCUT2D eigenvalue weighted by atomic mass is 35.5. The van der Waals surface area contributed by atoms with Crippen LogP contribution in [0.2, 0.25) is 5.02 Å². The molecule has 1 heterocycles. The van der Waals surface area contributed by atoms with Crippen LogP contribution >= 0.6 is 11.6 Å². The summed E-state index contributed by atoms with van der Waals surface area (Å²) in [5, 5.41) is 4.78. The van der Waals surface area contributed by atoms with Crippen LogP contribution < -0.4 is 10.5 Å². The van der Waals surface area contributed by atoms with Gasteiger partial charge in [-0.3, -0.25) is 0 Å². The highest BCUT2D eigenvalue weighted by Gasteiger charge is 2.11. The van der Waals surface area contributed by atoms with Crippen LogP contribution in [-0.2, 0) is 13.2 Å². The van der Waals surface area contributed by atoms with Gasteiger partial charge >= 0.3 is 0 Å². The standard InChI is InChI=1S/C13H17ClN4O/c1-9(2)18-13(16-8-17-18)7-19-12-5-3-4-11(14)10(12)6-15/h3-5,8-9H,6-7,15H2,1-2H3. The topological polar surface area (TPSA) is 66.0 Å². The number of hydrogen-bond donors (Lipinski definition) is 1. The third kappa shape index (κ3) is 3.05. The molecule has 102 valence electrons. The van der Waals surface area contributed by atoms with Crippen molar-refractivity contribution in [2.75, 3.05) is 0 Å². The number of halogens is 1. The molecule has 5 nitrogen and oxygen atoms in total. The largest absolute Gasteiger partial charge is 0.485 e. The van der Waals surface area contributed by atoms with Gasteiger partial charge < -0.3 is 10.5 Å². The van der Waals surface area contributed by atoms with Gasteiger partial charge in [-0.1, -0.05) is 17.7 Å². The Labute approximate surface area is 117 Å². The molecule has 19 heavy (non-hydrogen) atoms. The third-order valence-corrected chi connectivity index (χ3v) is 3.13. The van der Waals surface area contributed by atoms with Crippen molar-refractivity contribution in [3.05, 3.63) is 40.9 Å². The molecule has 0 fully saturated rings. The molecule has 0 saturated heterocycles. The van der Waals surface area contributed by atoms with Crippen molar-refractivity contribution < 1.29 is 4.74 Å². The fraction of sp³-hybridized carbons (Fsp3) is 0.385. The number of rotatable bonds is 5. The van der Waals surface area contributed by atoms with E-state index in [4.69, 9.17) is 22.1 Å². The Morgan fingerprint density at radius 2 is 2.21 bits per heavy atom. The van der Waals surface area contributed by atoms with Crippen molar-refractivity contribution in [2.45, 2.75) is 33.0 Å². The molecule has 0 atom stereocenters. The average Bonchev–Trinajstić information content (AvgIpc) is 2.84. The lowest BCUT2D eigenvalue weighted by molar-refractivity contribution is 0.280. The molecule has 2 aromatic rings. The van der Waals surface area contributed by atoms with Gasteiger partial charge in [-0.25, -0.2) is 9.67 Å². The van der Waals surface area contributed by atoms with E-state index in [9.17, 15) is 0 Å². The van der Waals surface area contributed by atoms with Gasteiger partial charge in [-0.2, -0.15) is 5.10 Å². The number of nitrogens with zero attached hydrogens (tertiary/aromatic N) is 3. The van der Waals surface area contributed by atoms with Gasteiger partial charge in [0, 0.05) is 23.2 Å². The van der Waals surface area contributed by atoms with E-state index in [2.05, 4.69) is 10.1 Å². The van der Waals surface area contributed by atoms with Crippen molar-refractivity contribution in [2.24, 2.45) is 5.73 Å². The van der Waals surface area contributed by atoms with Gasteiger partial charge in [-0.05, 0) is 26.0 Å². The molecule has 0 spiro atoms. The quantitative estimate of drug-likeness (QED) is 0.914. The van der Waals surface area contributed by atoms with Gasteiger partial charge in [0.25, 0.3) is 0 Å². The normalized spacial score (nSPS) is 11.0. The summed E-state index contributed by atoms with van der Waals surface area (Å²) in [6.45, 7) is 4.77. The Morgan fingerprint density at radius 3 is 2.89 bits per heavy atom. The van der Waals surface area contributed by atoms with Gasteiger partial charge in [0.15, 0.2) is 5.82 Å². The van der Waals surface area contributed by atoms with E-state index in [-0.39, 0.29) is 6.04 Å². The van der Waals surface area contributed by atoms with Crippen molar-refractivity contribution in [3.8, 4) is 5.75 Å². The second-order valence-corrected chi connectivity index (χ2v) is 4.83. The molecule has 1 aromatic carbocycles. The highest BCUT2D eigenvalue weighted by molar-refractivity contribution is 6.31. The Balaban J connectivity index is 2.15. The van der Waals surface area contributed by atoms with Crippen LogP contribution in [-0.4, -0.2) is 14.8 Å². The predicted octanol–water partition coefficient (Wildman–Crippen LogP) is 2.55. The summed E-state index contributed by atoms with van der Waals surface area (Å²) < 4.78 is 7.58. The first-order valence-electron chi connectivity index (χ1n) is 6.12. The zero-order valence-corrected chi connectivity index (χ0v) is 11.8. The molecule has 0 aliphatic rings. The second kappa shape index (κ2) is 6.04. The van der Waals surface area contributed by atoms with Crippen LogP contribution in [0.15, 0.2) is 24.5 Å². The minimum atomic E-state index is 0.245. The zero-order chi connectivity index (χ0) is 13.8. The molecular weight excluding hydrogens is 264 g/mol. The van der Waals surface area contributed by atoms with E-state index in [0.717, 1.165) is 11.4 Å². The first-order chi connectivity index (χ1) is 9.13. The molecule has 0 aliphatic carbocycles. The summed E-state index contributed by atoms with van der Waals surface area (Å²) in [6.07, 6.45) is 1.53. The monoisotopic (exact) mass is 280 g/mol. The molecule has 6 heteroatoms. The second-order valence-electron chi connectivity index (χ2n) is 4.42. The van der Waals surface area contributed by atoms with E-state index < -0.39 is 0 Å². The predicted molar refractivity (Wildman–Crippen MR) is 74.1 cm³/mol. The number of hydrogen-bond acceptors (Lipinski definition) is 4. The molecule has 0 radical (unpaired) electrons. The van der Waals surface area contributed by atoms with Crippen LogP contribution in [0.4, 0.5) is 0 Å². The Kier molecular flexibility index (Phi) is 4.39. The van der Waals surface area contributed by atoms with Gasteiger partial charge in [0.2, 0.25) is 0 Å². The average molecular weight is 281 g/mol. The van der Waals surface area contributed by atoms with Crippen molar-refractivity contribution >= 4 is 11.6 Å². The molecule has 0 aliphatic heterocycles. The van der Waals surface area contributed by atoms with Crippen LogP contribution in [0.1, 0.15) is 31.3 Å². The molecule has 0 amide bonds.